The summed E-state index contributed by atoms with van der Waals surface area (Å²) in [6.45, 7) is 0.312. The summed E-state index contributed by atoms with van der Waals surface area (Å²) in [5.74, 6) is -1.27. The molecule has 5 nitrogen and oxygen atoms in total. The number of rotatable bonds is 5. The van der Waals surface area contributed by atoms with Gasteiger partial charge in [-0.2, -0.15) is 0 Å². The van der Waals surface area contributed by atoms with Gasteiger partial charge < -0.3 is 5.32 Å². The lowest BCUT2D eigenvalue weighted by Crippen LogP contribution is -2.43. The van der Waals surface area contributed by atoms with Crippen molar-refractivity contribution in [1.82, 2.24) is 5.32 Å². The van der Waals surface area contributed by atoms with E-state index in [9.17, 15) is 21.2 Å². The monoisotopic (exact) mass is 417 g/mol. The molecule has 26 heavy (non-hydrogen) atoms. The third-order valence-corrected chi connectivity index (χ3v) is 8.74. The third kappa shape index (κ3) is 4.25. The Bertz CT molecular complexity index is 990. The molecule has 1 saturated heterocycles. The minimum atomic E-state index is -3.92. The molecule has 0 bridgehead atoms. The van der Waals surface area contributed by atoms with Gasteiger partial charge in [0.15, 0.2) is 19.7 Å². The fourth-order valence-electron chi connectivity index (χ4n) is 2.96. The first-order valence-corrected chi connectivity index (χ1v) is 11.6. The molecule has 1 heterocycles. The van der Waals surface area contributed by atoms with E-state index in [0.717, 1.165) is 29.8 Å². The van der Waals surface area contributed by atoms with Gasteiger partial charge in [0.1, 0.15) is 5.82 Å². The second-order valence-electron chi connectivity index (χ2n) is 6.23. The summed E-state index contributed by atoms with van der Waals surface area (Å²) < 4.78 is 62.9. The van der Waals surface area contributed by atoms with Crippen LogP contribution in [0, 0.1) is 5.82 Å². The van der Waals surface area contributed by atoms with Crippen molar-refractivity contribution in [2.24, 2.45) is 0 Å². The van der Waals surface area contributed by atoms with Crippen LogP contribution in [0.25, 0.3) is 0 Å². The molecule has 1 aliphatic heterocycles. The maximum atomic E-state index is 13.1. The molecule has 0 aliphatic carbocycles. The van der Waals surface area contributed by atoms with Crippen LogP contribution in [0.2, 0.25) is 5.02 Å². The summed E-state index contributed by atoms with van der Waals surface area (Å²) in [5.41, 5.74) is 0.858. The van der Waals surface area contributed by atoms with Crippen molar-refractivity contribution in [1.29, 1.82) is 0 Å². The van der Waals surface area contributed by atoms with Crippen LogP contribution >= 0.6 is 11.6 Å². The summed E-state index contributed by atoms with van der Waals surface area (Å²) >= 11 is 5.83. The molecule has 2 aromatic carbocycles. The number of halogens is 2. The van der Waals surface area contributed by atoms with Crippen LogP contribution in [-0.4, -0.2) is 39.6 Å². The van der Waals surface area contributed by atoms with E-state index in [1.807, 2.05) is 0 Å². The largest absolute Gasteiger partial charge is 0.308 e. The molecule has 140 valence electrons. The van der Waals surface area contributed by atoms with Gasteiger partial charge in [-0.1, -0.05) is 23.7 Å². The van der Waals surface area contributed by atoms with Gasteiger partial charge in [-0.05, 0) is 42.0 Å². The summed E-state index contributed by atoms with van der Waals surface area (Å²) in [7, 11) is -7.41. The van der Waals surface area contributed by atoms with Gasteiger partial charge in [0.25, 0.3) is 0 Å². The molecule has 0 aromatic heterocycles. The predicted molar refractivity (Wildman–Crippen MR) is 98.1 cm³/mol. The van der Waals surface area contributed by atoms with E-state index >= 15 is 0 Å². The van der Waals surface area contributed by atoms with Crippen molar-refractivity contribution >= 4 is 31.3 Å². The molecule has 0 spiro atoms. The Morgan fingerprint density at radius 1 is 1.04 bits per heavy atom. The predicted octanol–water partition coefficient (Wildman–Crippen LogP) is 2.21. The molecule has 0 unspecified atom stereocenters. The molecule has 1 N–H and O–H groups in total. The third-order valence-electron chi connectivity index (χ3n) is 4.32. The molecule has 0 radical (unpaired) electrons. The molecule has 1 aliphatic rings. The highest BCUT2D eigenvalue weighted by Gasteiger charge is 2.45. The maximum absolute atomic E-state index is 13.1. The van der Waals surface area contributed by atoms with Crippen molar-refractivity contribution in [3.63, 3.8) is 0 Å². The Morgan fingerprint density at radius 3 is 2.27 bits per heavy atom. The number of sulfone groups is 2. The van der Waals surface area contributed by atoms with Crippen molar-refractivity contribution in [2.45, 2.75) is 22.7 Å². The molecular formula is C17H17ClFNO4S2. The standard InChI is InChI=1S/C17H17ClFNO4S2/c18-13-3-1-12(2-4-13)9-20-16-10-25(21,22)11-17(16)26(23,24)15-7-5-14(19)6-8-15/h1-8,16-17,20H,9-11H2/t16-,17-/m0/s1. The van der Waals surface area contributed by atoms with Crippen molar-refractivity contribution in [3.8, 4) is 0 Å². The van der Waals surface area contributed by atoms with Crippen molar-refractivity contribution in [3.05, 3.63) is 64.9 Å². The molecule has 3 rings (SSSR count). The summed E-state index contributed by atoms with van der Waals surface area (Å²) in [5, 5.41) is 2.49. The van der Waals surface area contributed by atoms with E-state index in [1.54, 1.807) is 24.3 Å². The molecule has 0 saturated carbocycles. The fourth-order valence-corrected chi connectivity index (χ4v) is 7.80. The average molecular weight is 418 g/mol. The van der Waals surface area contributed by atoms with Crippen LogP contribution in [0.1, 0.15) is 5.56 Å². The normalized spacial score (nSPS) is 22.4. The van der Waals surface area contributed by atoms with Crippen LogP contribution < -0.4 is 5.32 Å². The number of hydrogen-bond acceptors (Lipinski definition) is 5. The lowest BCUT2D eigenvalue weighted by atomic mass is 10.2. The topological polar surface area (TPSA) is 80.3 Å². The smallest absolute Gasteiger partial charge is 0.183 e. The first kappa shape index (κ1) is 19.3. The molecule has 2 atom stereocenters. The van der Waals surface area contributed by atoms with E-state index in [1.165, 1.54) is 0 Å². The fraction of sp³-hybridized carbons (Fsp3) is 0.294. The number of nitrogens with one attached hydrogen (secondary N) is 1. The zero-order chi connectivity index (χ0) is 18.9. The van der Waals surface area contributed by atoms with Crippen LogP contribution in [0.5, 0.6) is 0 Å². The Balaban J connectivity index is 1.83. The first-order valence-electron chi connectivity index (χ1n) is 7.85. The number of benzene rings is 2. The van der Waals surface area contributed by atoms with Gasteiger partial charge in [0.05, 0.1) is 21.7 Å². The van der Waals surface area contributed by atoms with Gasteiger partial charge in [-0.3, -0.25) is 0 Å². The van der Waals surface area contributed by atoms with Gasteiger partial charge in [0.2, 0.25) is 0 Å². The second kappa shape index (κ2) is 7.26. The highest BCUT2D eigenvalue weighted by Crippen LogP contribution is 2.26. The minimum absolute atomic E-state index is 0.0840. The average Bonchev–Trinajstić information content (AvgIpc) is 2.90. The van der Waals surface area contributed by atoms with Crippen molar-refractivity contribution in [2.75, 3.05) is 11.5 Å². The lowest BCUT2D eigenvalue weighted by Gasteiger charge is -2.20. The highest BCUT2D eigenvalue weighted by molar-refractivity contribution is 7.96. The quantitative estimate of drug-likeness (QED) is 0.754. The first-order chi connectivity index (χ1) is 12.2. The molecule has 0 amide bonds. The van der Waals surface area contributed by atoms with Gasteiger partial charge in [0, 0.05) is 17.6 Å². The summed E-state index contributed by atoms with van der Waals surface area (Å²) in [6.07, 6.45) is 0. The van der Waals surface area contributed by atoms with E-state index in [0.29, 0.717) is 11.6 Å². The molecule has 2 aromatic rings. The maximum Gasteiger partial charge on any atom is 0.183 e. The zero-order valence-electron chi connectivity index (χ0n) is 13.6. The molecule has 9 heteroatoms. The second-order valence-corrected chi connectivity index (χ2v) is 11.0. The summed E-state index contributed by atoms with van der Waals surface area (Å²) in [4.78, 5) is -0.0840. The van der Waals surface area contributed by atoms with E-state index in [4.69, 9.17) is 11.6 Å². The minimum Gasteiger partial charge on any atom is -0.308 e. The van der Waals surface area contributed by atoms with E-state index < -0.39 is 42.5 Å². The SMILES string of the molecule is O=S1(=O)C[C@H](NCc2ccc(Cl)cc2)[C@@H](S(=O)(=O)c2ccc(F)cc2)C1. The Labute approximate surface area is 157 Å². The highest BCUT2D eigenvalue weighted by atomic mass is 35.5. The van der Waals surface area contributed by atoms with Crippen LogP contribution in [0.3, 0.4) is 0 Å². The van der Waals surface area contributed by atoms with Gasteiger partial charge >= 0.3 is 0 Å². The Hall–Kier alpha value is -1.48. The Morgan fingerprint density at radius 2 is 1.65 bits per heavy atom. The van der Waals surface area contributed by atoms with E-state index in [2.05, 4.69) is 5.32 Å². The molecular weight excluding hydrogens is 401 g/mol. The van der Waals surface area contributed by atoms with Crippen molar-refractivity contribution < 1.29 is 21.2 Å². The van der Waals surface area contributed by atoms with Gasteiger partial charge in [-0.25, -0.2) is 21.2 Å². The van der Waals surface area contributed by atoms with Gasteiger partial charge in [-0.15, -0.1) is 0 Å². The van der Waals surface area contributed by atoms with Crippen LogP contribution in [0.15, 0.2) is 53.4 Å². The van der Waals surface area contributed by atoms with Crippen LogP contribution in [0.4, 0.5) is 4.39 Å². The lowest BCUT2D eigenvalue weighted by molar-refractivity contribution is 0.526. The van der Waals surface area contributed by atoms with Crippen LogP contribution in [-0.2, 0) is 26.2 Å². The zero-order valence-corrected chi connectivity index (χ0v) is 16.0. The summed E-state index contributed by atoms with van der Waals surface area (Å²) in [6, 6.07) is 10.6. The Kier molecular flexibility index (Phi) is 5.39. The van der Waals surface area contributed by atoms with E-state index in [-0.39, 0.29) is 10.6 Å². The molecule has 1 fully saturated rings. The number of hydrogen-bond donors (Lipinski definition) is 1.